The highest BCUT2D eigenvalue weighted by Crippen LogP contribution is 2.37. The van der Waals surface area contributed by atoms with E-state index in [1.807, 2.05) is 72.8 Å². The zero-order chi connectivity index (χ0) is 28.4. The average Bonchev–Trinajstić information content (AvgIpc) is 3.25. The van der Waals surface area contributed by atoms with Crippen LogP contribution in [0.2, 0.25) is 0 Å². The number of urea groups is 2. The van der Waals surface area contributed by atoms with E-state index in [4.69, 9.17) is 0 Å². The van der Waals surface area contributed by atoms with Gasteiger partial charge in [0.05, 0.1) is 23.5 Å². The first-order chi connectivity index (χ1) is 19.3. The molecule has 2 saturated heterocycles. The molecule has 0 radical (unpaired) electrons. The Morgan fingerprint density at radius 1 is 0.850 bits per heavy atom. The van der Waals surface area contributed by atoms with Crippen molar-refractivity contribution >= 4 is 29.4 Å². The van der Waals surface area contributed by atoms with Crippen LogP contribution in [0.25, 0.3) is 0 Å². The third-order valence-corrected chi connectivity index (χ3v) is 7.99. The summed E-state index contributed by atoms with van der Waals surface area (Å²) in [6, 6.07) is 24.1. The van der Waals surface area contributed by atoms with Crippen molar-refractivity contribution in [3.63, 3.8) is 0 Å². The number of hydrogen-bond acceptors (Lipinski definition) is 3. The lowest BCUT2D eigenvalue weighted by molar-refractivity contribution is -0.145. The summed E-state index contributed by atoms with van der Waals surface area (Å²) in [5, 5.41) is 10.4. The first kappa shape index (κ1) is 27.2. The standard InChI is InChI=1S/C32H36N4O4/c1-22(2)24-16-14-23(15-17-24)20-33(3)31(39)36-27-18-19-28(36)29(30(37)38)34(21-27)32(40)35(25-10-6-4-7-11-25)26-12-8-5-9-13-26/h4-17,22,27-29H,18-21H2,1-3H3,(H,37,38)/t27?,28?,29-/m0/s1. The molecular formula is C32H36N4O4. The lowest BCUT2D eigenvalue weighted by Gasteiger charge is -2.47. The average molecular weight is 541 g/mol. The van der Waals surface area contributed by atoms with Gasteiger partial charge in [0, 0.05) is 20.1 Å². The van der Waals surface area contributed by atoms with E-state index in [1.165, 1.54) is 10.5 Å². The van der Waals surface area contributed by atoms with E-state index in [1.54, 1.807) is 21.7 Å². The highest BCUT2D eigenvalue weighted by atomic mass is 16.4. The number of hydrogen-bond donors (Lipinski definition) is 1. The van der Waals surface area contributed by atoms with Crippen LogP contribution in [-0.2, 0) is 11.3 Å². The molecule has 2 aliphatic heterocycles. The molecule has 8 nitrogen and oxygen atoms in total. The SMILES string of the molecule is CC(C)c1ccc(CN(C)C(=O)N2C3CCC2[C@@H](C(=O)O)N(C(=O)N(c2ccccc2)c2ccccc2)C3)cc1. The van der Waals surface area contributed by atoms with Gasteiger partial charge in [0.15, 0.2) is 6.04 Å². The topological polar surface area (TPSA) is 84.4 Å². The minimum absolute atomic E-state index is 0.158. The maximum absolute atomic E-state index is 14.1. The van der Waals surface area contributed by atoms with Gasteiger partial charge in [0.1, 0.15) is 0 Å². The van der Waals surface area contributed by atoms with Gasteiger partial charge in [0.25, 0.3) is 0 Å². The maximum Gasteiger partial charge on any atom is 0.329 e. The highest BCUT2D eigenvalue weighted by Gasteiger charge is 2.54. The molecule has 3 atom stereocenters. The van der Waals surface area contributed by atoms with E-state index in [-0.39, 0.29) is 18.6 Å². The highest BCUT2D eigenvalue weighted by molar-refractivity contribution is 6.01. The molecule has 40 heavy (non-hydrogen) atoms. The van der Waals surface area contributed by atoms with Crippen molar-refractivity contribution < 1.29 is 19.5 Å². The Morgan fingerprint density at radius 3 is 1.95 bits per heavy atom. The van der Waals surface area contributed by atoms with Crippen LogP contribution in [-0.4, -0.2) is 69.6 Å². The number of piperazine rings is 1. The molecular weight excluding hydrogens is 504 g/mol. The number of amides is 4. The minimum atomic E-state index is -1.15. The van der Waals surface area contributed by atoms with E-state index in [0.29, 0.717) is 36.7 Å². The summed E-state index contributed by atoms with van der Waals surface area (Å²) in [4.78, 5) is 46.9. The molecule has 1 N–H and O–H groups in total. The summed E-state index contributed by atoms with van der Waals surface area (Å²) in [5.74, 6) is -0.680. The molecule has 208 valence electrons. The van der Waals surface area contributed by atoms with Gasteiger partial charge in [-0.05, 0) is 54.2 Å². The first-order valence-corrected chi connectivity index (χ1v) is 13.8. The van der Waals surface area contributed by atoms with Crippen LogP contribution < -0.4 is 4.90 Å². The van der Waals surface area contributed by atoms with Gasteiger partial charge in [-0.1, -0.05) is 74.5 Å². The Bertz CT molecular complexity index is 1310. The van der Waals surface area contributed by atoms with Crippen molar-refractivity contribution in [3.05, 3.63) is 96.1 Å². The second-order valence-corrected chi connectivity index (χ2v) is 11.0. The quantitative estimate of drug-likeness (QED) is 0.421. The van der Waals surface area contributed by atoms with Gasteiger partial charge < -0.3 is 19.8 Å². The van der Waals surface area contributed by atoms with Crippen molar-refractivity contribution in [1.82, 2.24) is 14.7 Å². The second kappa shape index (κ2) is 11.4. The van der Waals surface area contributed by atoms with Crippen LogP contribution in [0.4, 0.5) is 21.0 Å². The van der Waals surface area contributed by atoms with Gasteiger partial charge in [-0.3, -0.25) is 4.90 Å². The molecule has 2 bridgehead atoms. The number of carbonyl (C=O) groups excluding carboxylic acids is 2. The Morgan fingerprint density at radius 2 is 1.43 bits per heavy atom. The normalized spacial score (nSPS) is 19.9. The summed E-state index contributed by atoms with van der Waals surface area (Å²) in [6.07, 6.45) is 1.18. The maximum atomic E-state index is 14.1. The molecule has 0 aliphatic carbocycles. The largest absolute Gasteiger partial charge is 0.480 e. The number of carbonyl (C=O) groups is 3. The molecule has 8 heteroatoms. The Kier molecular flexibility index (Phi) is 7.78. The van der Waals surface area contributed by atoms with Crippen LogP contribution >= 0.6 is 0 Å². The summed E-state index contributed by atoms with van der Waals surface area (Å²) in [6.45, 7) is 4.86. The number of benzene rings is 3. The molecule has 2 aliphatic rings. The fraction of sp³-hybridized carbons (Fsp3) is 0.344. The summed E-state index contributed by atoms with van der Waals surface area (Å²) < 4.78 is 0. The van der Waals surface area contributed by atoms with E-state index in [9.17, 15) is 19.5 Å². The molecule has 3 aromatic carbocycles. The number of nitrogens with zero attached hydrogens (tertiary/aromatic N) is 4. The molecule has 2 heterocycles. The van der Waals surface area contributed by atoms with Gasteiger partial charge >= 0.3 is 18.0 Å². The van der Waals surface area contributed by atoms with Crippen LogP contribution in [0.5, 0.6) is 0 Å². The lowest BCUT2D eigenvalue weighted by Crippen LogP contribution is -2.67. The number of carboxylic acid groups (broad SMARTS) is 1. The number of para-hydroxylation sites is 2. The summed E-state index contributed by atoms with van der Waals surface area (Å²) in [7, 11) is 1.75. The third kappa shape index (κ3) is 5.26. The summed E-state index contributed by atoms with van der Waals surface area (Å²) in [5.41, 5.74) is 3.55. The minimum Gasteiger partial charge on any atom is -0.480 e. The van der Waals surface area contributed by atoms with Gasteiger partial charge in [-0.25, -0.2) is 14.4 Å². The van der Waals surface area contributed by atoms with Crippen LogP contribution in [0.1, 0.15) is 43.7 Å². The number of fused-ring (bicyclic) bond motifs is 2. The fourth-order valence-corrected chi connectivity index (χ4v) is 5.94. The van der Waals surface area contributed by atoms with Gasteiger partial charge in [-0.2, -0.15) is 0 Å². The lowest BCUT2D eigenvalue weighted by atomic mass is 10.0. The van der Waals surface area contributed by atoms with Crippen LogP contribution in [0.15, 0.2) is 84.9 Å². The van der Waals surface area contributed by atoms with Gasteiger partial charge in [0.2, 0.25) is 0 Å². The molecule has 0 saturated carbocycles. The van der Waals surface area contributed by atoms with Gasteiger partial charge in [-0.15, -0.1) is 0 Å². The zero-order valence-electron chi connectivity index (χ0n) is 23.2. The number of likely N-dealkylation sites (tertiary alicyclic amines) is 1. The first-order valence-electron chi connectivity index (χ1n) is 13.8. The molecule has 2 fully saturated rings. The molecule has 0 aromatic heterocycles. The fourth-order valence-electron chi connectivity index (χ4n) is 5.94. The van der Waals surface area contributed by atoms with Crippen LogP contribution in [0.3, 0.4) is 0 Å². The molecule has 2 unspecified atom stereocenters. The summed E-state index contributed by atoms with van der Waals surface area (Å²) >= 11 is 0. The van der Waals surface area contributed by atoms with Crippen molar-refractivity contribution in [2.75, 3.05) is 18.5 Å². The van der Waals surface area contributed by atoms with E-state index in [0.717, 1.165) is 5.56 Å². The Labute approximate surface area is 235 Å². The molecule has 4 amide bonds. The smallest absolute Gasteiger partial charge is 0.329 e. The van der Waals surface area contributed by atoms with E-state index >= 15 is 0 Å². The monoisotopic (exact) mass is 540 g/mol. The Balaban J connectivity index is 1.39. The third-order valence-electron chi connectivity index (χ3n) is 7.99. The predicted octanol–water partition coefficient (Wildman–Crippen LogP) is 5.92. The number of rotatable bonds is 6. The number of carboxylic acids is 1. The van der Waals surface area contributed by atoms with Crippen LogP contribution in [0, 0.1) is 0 Å². The predicted molar refractivity (Wildman–Crippen MR) is 155 cm³/mol. The van der Waals surface area contributed by atoms with Crippen molar-refractivity contribution in [2.24, 2.45) is 0 Å². The Hall–Kier alpha value is -4.33. The number of aliphatic carboxylic acids is 1. The molecule has 0 spiro atoms. The number of anilines is 2. The molecule has 3 aromatic rings. The zero-order valence-corrected chi connectivity index (χ0v) is 23.2. The van der Waals surface area contributed by atoms with E-state index < -0.39 is 24.1 Å². The van der Waals surface area contributed by atoms with Crippen molar-refractivity contribution in [3.8, 4) is 0 Å². The second-order valence-electron chi connectivity index (χ2n) is 11.0. The molecule has 5 rings (SSSR count). The van der Waals surface area contributed by atoms with Crippen molar-refractivity contribution in [2.45, 2.75) is 57.3 Å². The van der Waals surface area contributed by atoms with Crippen molar-refractivity contribution in [1.29, 1.82) is 0 Å². The van der Waals surface area contributed by atoms with E-state index in [2.05, 4.69) is 26.0 Å².